The van der Waals surface area contributed by atoms with Crippen molar-refractivity contribution in [3.8, 4) is 12.1 Å². The number of pyridine rings is 1. The molecular weight excluding hydrogens is 254 g/mol. The van der Waals surface area contributed by atoms with Gasteiger partial charge in [0.2, 0.25) is 0 Å². The third-order valence-electron chi connectivity index (χ3n) is 2.61. The Labute approximate surface area is 115 Å². The maximum absolute atomic E-state index is 12.0. The van der Waals surface area contributed by atoms with Crippen LogP contribution in [0, 0.1) is 22.7 Å². The number of hydrogen-bond donors (Lipinski definition) is 2. The zero-order chi connectivity index (χ0) is 14.5. The number of nitrogens with zero attached hydrogens (tertiary/aromatic N) is 3. The fourth-order valence-corrected chi connectivity index (χ4v) is 1.62. The molecule has 3 N–H and O–H groups in total. The van der Waals surface area contributed by atoms with E-state index in [0.717, 1.165) is 0 Å². The summed E-state index contributed by atoms with van der Waals surface area (Å²) < 4.78 is 0. The van der Waals surface area contributed by atoms with E-state index in [1.165, 1.54) is 30.6 Å². The van der Waals surface area contributed by atoms with Crippen molar-refractivity contribution in [3.05, 3.63) is 53.3 Å². The zero-order valence-corrected chi connectivity index (χ0v) is 10.3. The summed E-state index contributed by atoms with van der Waals surface area (Å²) in [5.74, 6) is -0.404. The van der Waals surface area contributed by atoms with Crippen LogP contribution in [0.25, 0.3) is 0 Å². The highest BCUT2D eigenvalue weighted by Crippen LogP contribution is 2.17. The van der Waals surface area contributed by atoms with Crippen molar-refractivity contribution >= 4 is 17.3 Å². The van der Waals surface area contributed by atoms with E-state index in [9.17, 15) is 4.79 Å². The lowest BCUT2D eigenvalue weighted by Crippen LogP contribution is -2.14. The molecule has 0 saturated heterocycles. The molecule has 0 fully saturated rings. The van der Waals surface area contributed by atoms with Crippen LogP contribution in [0.2, 0.25) is 0 Å². The number of amides is 1. The van der Waals surface area contributed by atoms with Crippen molar-refractivity contribution in [2.24, 2.45) is 0 Å². The van der Waals surface area contributed by atoms with Crippen molar-refractivity contribution < 1.29 is 4.79 Å². The normalized spacial score (nSPS) is 9.30. The molecule has 0 unspecified atom stereocenters. The molecule has 0 saturated carbocycles. The maximum atomic E-state index is 12.0. The molecule has 0 bridgehead atoms. The number of nitrogens with one attached hydrogen (secondary N) is 1. The molecule has 0 spiro atoms. The van der Waals surface area contributed by atoms with Crippen LogP contribution in [0.15, 0.2) is 36.7 Å². The van der Waals surface area contributed by atoms with Crippen LogP contribution in [0.4, 0.5) is 11.4 Å². The van der Waals surface area contributed by atoms with Gasteiger partial charge in [-0.05, 0) is 24.3 Å². The Bertz CT molecular complexity index is 755. The van der Waals surface area contributed by atoms with E-state index in [1.807, 2.05) is 12.1 Å². The Hall–Kier alpha value is -3.38. The fraction of sp³-hybridized carbons (Fsp3) is 0. The number of carbonyl (C=O) groups is 1. The van der Waals surface area contributed by atoms with Gasteiger partial charge < -0.3 is 11.1 Å². The molecule has 2 aromatic rings. The average Bonchev–Trinajstić information content (AvgIpc) is 2.47. The van der Waals surface area contributed by atoms with Gasteiger partial charge in [-0.15, -0.1) is 0 Å². The van der Waals surface area contributed by atoms with Crippen molar-refractivity contribution in [1.82, 2.24) is 4.98 Å². The Morgan fingerprint density at radius 3 is 2.60 bits per heavy atom. The Balaban J connectivity index is 2.28. The Morgan fingerprint density at radius 1 is 1.20 bits per heavy atom. The summed E-state index contributed by atoms with van der Waals surface area (Å²) >= 11 is 0. The summed E-state index contributed by atoms with van der Waals surface area (Å²) in [6.45, 7) is 0. The second-order valence-corrected chi connectivity index (χ2v) is 3.90. The standard InChI is InChI=1S/C14H9N5O/c15-6-9-1-2-11(5-10(9)7-16)19-14(20)12-3-4-18-8-13(12)17/h1-5,8H,17H2,(H,19,20). The van der Waals surface area contributed by atoms with E-state index in [4.69, 9.17) is 16.3 Å². The maximum Gasteiger partial charge on any atom is 0.257 e. The van der Waals surface area contributed by atoms with Crippen LogP contribution < -0.4 is 11.1 Å². The van der Waals surface area contributed by atoms with Crippen molar-refractivity contribution in [1.29, 1.82) is 10.5 Å². The number of nitrogen functional groups attached to an aromatic ring is 1. The van der Waals surface area contributed by atoms with Gasteiger partial charge in [-0.2, -0.15) is 10.5 Å². The van der Waals surface area contributed by atoms with Crippen LogP contribution in [0.1, 0.15) is 21.5 Å². The predicted molar refractivity (Wildman–Crippen MR) is 72.5 cm³/mol. The first kappa shape index (κ1) is 13.1. The summed E-state index contributed by atoms with van der Waals surface area (Å²) in [4.78, 5) is 15.8. The smallest absolute Gasteiger partial charge is 0.257 e. The van der Waals surface area contributed by atoms with Crippen LogP contribution in [0.3, 0.4) is 0 Å². The van der Waals surface area contributed by atoms with Gasteiger partial charge in [-0.25, -0.2) is 0 Å². The number of carbonyl (C=O) groups excluding carboxylic acids is 1. The second-order valence-electron chi connectivity index (χ2n) is 3.90. The Morgan fingerprint density at radius 2 is 1.95 bits per heavy atom. The van der Waals surface area contributed by atoms with Gasteiger partial charge in [0.1, 0.15) is 12.1 Å². The van der Waals surface area contributed by atoms with Crippen LogP contribution in [-0.4, -0.2) is 10.9 Å². The van der Waals surface area contributed by atoms with Crippen molar-refractivity contribution in [2.75, 3.05) is 11.1 Å². The minimum atomic E-state index is -0.404. The molecule has 0 aliphatic rings. The van der Waals surface area contributed by atoms with E-state index in [0.29, 0.717) is 11.3 Å². The van der Waals surface area contributed by atoms with E-state index in [2.05, 4.69) is 10.3 Å². The van der Waals surface area contributed by atoms with Crippen molar-refractivity contribution in [3.63, 3.8) is 0 Å². The zero-order valence-electron chi connectivity index (χ0n) is 10.3. The number of nitrogens with two attached hydrogens (primary N) is 1. The third-order valence-corrected chi connectivity index (χ3v) is 2.61. The summed E-state index contributed by atoms with van der Waals surface area (Å²) in [6, 6.07) is 9.77. The van der Waals surface area contributed by atoms with Gasteiger partial charge >= 0.3 is 0 Å². The molecule has 1 amide bonds. The first-order chi connectivity index (χ1) is 9.65. The molecule has 6 nitrogen and oxygen atoms in total. The molecule has 20 heavy (non-hydrogen) atoms. The fourth-order valence-electron chi connectivity index (χ4n) is 1.62. The van der Waals surface area contributed by atoms with Gasteiger partial charge in [0.15, 0.2) is 0 Å². The number of hydrogen-bond acceptors (Lipinski definition) is 5. The van der Waals surface area contributed by atoms with E-state index in [1.54, 1.807) is 6.07 Å². The van der Waals surface area contributed by atoms with E-state index in [-0.39, 0.29) is 16.8 Å². The average molecular weight is 263 g/mol. The number of rotatable bonds is 2. The molecule has 0 aliphatic heterocycles. The molecule has 2 rings (SSSR count). The number of benzene rings is 1. The summed E-state index contributed by atoms with van der Waals surface area (Å²) in [5, 5.41) is 20.4. The summed E-state index contributed by atoms with van der Waals surface area (Å²) in [7, 11) is 0. The highest BCUT2D eigenvalue weighted by molar-refractivity contribution is 6.07. The van der Waals surface area contributed by atoms with E-state index >= 15 is 0 Å². The first-order valence-corrected chi connectivity index (χ1v) is 5.61. The Kier molecular flexibility index (Phi) is 3.60. The van der Waals surface area contributed by atoms with Gasteiger partial charge in [-0.1, -0.05) is 0 Å². The van der Waals surface area contributed by atoms with Gasteiger partial charge in [-0.3, -0.25) is 9.78 Å². The predicted octanol–water partition coefficient (Wildman–Crippen LogP) is 1.66. The van der Waals surface area contributed by atoms with Crippen LogP contribution >= 0.6 is 0 Å². The largest absolute Gasteiger partial charge is 0.397 e. The topological polar surface area (TPSA) is 116 Å². The van der Waals surface area contributed by atoms with Gasteiger partial charge in [0.05, 0.1) is 28.6 Å². The molecule has 0 radical (unpaired) electrons. The summed E-state index contributed by atoms with van der Waals surface area (Å²) in [6.07, 6.45) is 2.85. The monoisotopic (exact) mass is 263 g/mol. The summed E-state index contributed by atoms with van der Waals surface area (Å²) in [5.41, 5.74) is 7.09. The lowest BCUT2D eigenvalue weighted by molar-refractivity contribution is 0.102. The second kappa shape index (κ2) is 5.51. The third kappa shape index (κ3) is 2.55. The molecule has 0 aliphatic carbocycles. The lowest BCUT2D eigenvalue weighted by Gasteiger charge is -2.07. The highest BCUT2D eigenvalue weighted by atomic mass is 16.1. The minimum Gasteiger partial charge on any atom is -0.397 e. The molecular formula is C14H9N5O. The number of aromatic nitrogens is 1. The minimum absolute atomic E-state index is 0.202. The number of anilines is 2. The lowest BCUT2D eigenvalue weighted by atomic mass is 10.1. The van der Waals surface area contributed by atoms with Gasteiger partial charge in [0.25, 0.3) is 5.91 Å². The quantitative estimate of drug-likeness (QED) is 0.854. The molecule has 1 aromatic carbocycles. The molecule has 96 valence electrons. The van der Waals surface area contributed by atoms with E-state index < -0.39 is 5.91 Å². The SMILES string of the molecule is N#Cc1ccc(NC(=O)c2ccncc2N)cc1C#N. The molecule has 6 heteroatoms. The molecule has 1 heterocycles. The highest BCUT2D eigenvalue weighted by Gasteiger charge is 2.10. The van der Waals surface area contributed by atoms with Crippen molar-refractivity contribution in [2.45, 2.75) is 0 Å². The molecule has 1 aromatic heterocycles. The van der Waals surface area contributed by atoms with Crippen LogP contribution in [0.5, 0.6) is 0 Å². The molecule has 0 atom stereocenters. The number of nitriles is 2. The first-order valence-electron chi connectivity index (χ1n) is 5.61. The van der Waals surface area contributed by atoms with Crippen LogP contribution in [-0.2, 0) is 0 Å². The van der Waals surface area contributed by atoms with Gasteiger partial charge in [0, 0.05) is 11.9 Å².